The molecule has 2 saturated carbocycles. The van der Waals surface area contributed by atoms with E-state index < -0.39 is 0 Å². The van der Waals surface area contributed by atoms with Gasteiger partial charge < -0.3 is 19.8 Å². The van der Waals surface area contributed by atoms with Gasteiger partial charge in [0.2, 0.25) is 0 Å². The maximum Gasteiger partial charge on any atom is 2.00 e. The van der Waals surface area contributed by atoms with Crippen LogP contribution in [0, 0.1) is 20.8 Å². The van der Waals surface area contributed by atoms with Crippen molar-refractivity contribution < 1.29 is 17.1 Å². The topological polar surface area (TPSA) is 3.24 Å². The average Bonchev–Trinajstić information content (AvgIpc) is 3.73. The van der Waals surface area contributed by atoms with E-state index in [-0.39, 0.29) is 47.8 Å². The number of hydrogen-bond donors (Lipinski definition) is 0. The molecule has 0 aromatic heterocycles. The Morgan fingerprint density at radius 3 is 1.25 bits per heavy atom. The second-order valence-electron chi connectivity index (χ2n) is 11.9. The molecule has 0 aliphatic heterocycles. The molecule has 2 unspecified atom stereocenters. The van der Waals surface area contributed by atoms with Crippen LogP contribution in [0.1, 0.15) is 51.9 Å². The van der Waals surface area contributed by atoms with Crippen molar-refractivity contribution >= 4 is 37.1 Å². The molecule has 0 spiro atoms. The monoisotopic (exact) mass is 665 g/mol. The molecule has 0 N–H and O–H groups in total. The van der Waals surface area contributed by atoms with E-state index in [2.05, 4.69) is 147 Å². The summed E-state index contributed by atoms with van der Waals surface area (Å²) in [4.78, 5) is 2.41. The van der Waals surface area contributed by atoms with Crippen LogP contribution < -0.4 is 21.2 Å². The number of nitrogens with zero attached hydrogens (tertiary/aromatic N) is 1. The van der Waals surface area contributed by atoms with Crippen molar-refractivity contribution in [2.24, 2.45) is 5.92 Å². The number of hydrogen-bond acceptors (Lipinski definition) is 1. The van der Waals surface area contributed by atoms with Crippen LogP contribution in [-0.2, 0) is 17.1 Å². The van der Waals surface area contributed by atoms with Crippen LogP contribution in [-0.4, -0.2) is 36.4 Å². The molecule has 4 aromatic carbocycles. The van der Waals surface area contributed by atoms with Gasteiger partial charge >= 0.3 is 17.1 Å². The van der Waals surface area contributed by atoms with Gasteiger partial charge in [-0.15, -0.1) is 0 Å². The van der Waals surface area contributed by atoms with Crippen molar-refractivity contribution in [2.45, 2.75) is 69.2 Å². The summed E-state index contributed by atoms with van der Waals surface area (Å²) in [6.07, 6.45) is 9.80. The van der Waals surface area contributed by atoms with E-state index in [0.717, 1.165) is 17.2 Å². The first-order chi connectivity index (χ1) is 20.1. The number of rotatable bonds is 8. The van der Waals surface area contributed by atoms with Crippen molar-refractivity contribution in [3.8, 4) is 0 Å². The molecule has 0 heterocycles. The first-order valence-electron chi connectivity index (χ1n) is 15.6. The molecule has 4 heteroatoms. The van der Waals surface area contributed by atoms with E-state index in [4.69, 9.17) is 0 Å². The largest absolute Gasteiger partial charge is 2.00 e. The Morgan fingerprint density at radius 2 is 0.886 bits per heavy atom. The molecule has 0 amide bonds. The van der Waals surface area contributed by atoms with Crippen LogP contribution in [0.5, 0.6) is 0 Å². The van der Waals surface area contributed by atoms with Crippen LogP contribution in [0.3, 0.4) is 0 Å². The molecule has 2 fully saturated rings. The summed E-state index contributed by atoms with van der Waals surface area (Å²) in [5, 5.41) is 6.17. The Kier molecular flexibility index (Phi) is 17.2. The molecule has 3 atom stereocenters. The average molecular weight is 666 g/mol. The van der Waals surface area contributed by atoms with Crippen LogP contribution in [0.2, 0.25) is 0 Å². The fraction of sp³-hybridized carbons (Fsp3) is 0.350. The number of benzene rings is 4. The van der Waals surface area contributed by atoms with E-state index in [1.165, 1.54) is 55.6 Å². The first-order valence-corrected chi connectivity index (χ1v) is 18.4. The second-order valence-corrected chi connectivity index (χ2v) is 16.8. The summed E-state index contributed by atoms with van der Waals surface area (Å²) in [6, 6.07) is 45.3. The molecule has 44 heavy (non-hydrogen) atoms. The third-order valence-electron chi connectivity index (χ3n) is 9.12. The maximum atomic E-state index is 2.41. The summed E-state index contributed by atoms with van der Waals surface area (Å²) in [7, 11) is 4.03. The van der Waals surface area contributed by atoms with Gasteiger partial charge in [0.15, 0.2) is 0 Å². The zero-order valence-corrected chi connectivity index (χ0v) is 30.4. The second kappa shape index (κ2) is 19.7. The van der Waals surface area contributed by atoms with Gasteiger partial charge in [0.25, 0.3) is 0 Å². The first kappa shape index (κ1) is 38.4. The predicted octanol–water partition coefficient (Wildman–Crippen LogP) is 9.20. The van der Waals surface area contributed by atoms with E-state index in [1.807, 2.05) is 0 Å². The van der Waals surface area contributed by atoms with Crippen LogP contribution in [0.25, 0.3) is 0 Å². The maximum absolute atomic E-state index is 2.41. The van der Waals surface area contributed by atoms with Gasteiger partial charge in [-0.2, -0.15) is 0 Å². The fourth-order valence-electron chi connectivity index (χ4n) is 6.85. The zero-order chi connectivity index (χ0) is 28.4. The van der Waals surface area contributed by atoms with E-state index in [1.54, 1.807) is 10.6 Å². The summed E-state index contributed by atoms with van der Waals surface area (Å²) in [6.45, 7) is 2.41. The Labute approximate surface area is 283 Å². The van der Waals surface area contributed by atoms with Crippen molar-refractivity contribution in [3.05, 3.63) is 136 Å². The van der Waals surface area contributed by atoms with Gasteiger partial charge in [0, 0.05) is 6.04 Å². The van der Waals surface area contributed by atoms with Crippen LogP contribution in [0.15, 0.2) is 121 Å². The van der Waals surface area contributed by atoms with Crippen molar-refractivity contribution in [2.75, 3.05) is 14.1 Å². The third kappa shape index (κ3) is 9.86. The minimum Gasteiger partial charge on any atom is -0.358 e. The van der Waals surface area contributed by atoms with Gasteiger partial charge in [0.05, 0.1) is 0 Å². The third-order valence-corrected chi connectivity index (χ3v) is 15.1. The minimum atomic E-state index is -0.275. The molecule has 2 aliphatic rings. The van der Waals surface area contributed by atoms with Gasteiger partial charge in [-0.25, -0.2) is 0 Å². The molecular formula is C40H53FeNP2. The van der Waals surface area contributed by atoms with Crippen LogP contribution in [0.4, 0.5) is 0 Å². The van der Waals surface area contributed by atoms with E-state index >= 15 is 0 Å². The zero-order valence-electron chi connectivity index (χ0n) is 27.5. The summed E-state index contributed by atoms with van der Waals surface area (Å²) >= 11 is 0. The summed E-state index contributed by atoms with van der Waals surface area (Å²) in [5.41, 5.74) is 1.69. The molecule has 1 nitrogen and oxygen atoms in total. The normalized spacial score (nSPS) is 18.5. The Morgan fingerprint density at radius 1 is 0.523 bits per heavy atom. The quantitative estimate of drug-likeness (QED) is 0.103. The molecule has 2 aliphatic carbocycles. The van der Waals surface area contributed by atoms with Gasteiger partial charge in [0.1, 0.15) is 0 Å². The van der Waals surface area contributed by atoms with Gasteiger partial charge in [-0.3, -0.25) is 0 Å². The van der Waals surface area contributed by atoms with Crippen molar-refractivity contribution in [1.29, 1.82) is 0 Å². The predicted molar refractivity (Wildman–Crippen MR) is 198 cm³/mol. The van der Waals surface area contributed by atoms with Crippen LogP contribution >= 0.6 is 15.8 Å². The molecular weight excluding hydrogens is 612 g/mol. The molecule has 0 saturated heterocycles. The Hall–Kier alpha value is -1.78. The Balaban J connectivity index is 0.000000294. The molecule has 4 aromatic rings. The SMILES string of the molecule is C[C@@H](C1CCCC1P(c1ccccc1)c1ccccc1)N(C)C.[CH3-].[CH3-].[Fe+2].c1ccc(P(c2ccccc2)C2CCCC2)cc1. The van der Waals surface area contributed by atoms with E-state index in [0.29, 0.717) is 6.04 Å². The standard InChI is InChI=1S/C21H28NP.C17H19P.2CH3.Fe/c1-17(22(2)3)20-15-10-16-21(20)23(18-11-6-4-7-12-18)19-13-8-5-9-14-19;1-3-9-15(10-4-1)18(17-13-7-8-14-17)16-11-5-2-6-12-16;;;/h4-9,11-14,17,20-21H,10,15-16H2,1-3H3;1-6,9-12,17H,7-8,13-14H2;2*1H3;/q;;2*-1;+2/t17-,20?,21?;;;;/m0..../s1. The minimum absolute atomic E-state index is 0. The smallest absolute Gasteiger partial charge is 0.358 e. The van der Waals surface area contributed by atoms with Crippen molar-refractivity contribution in [3.63, 3.8) is 0 Å². The molecule has 6 rings (SSSR count). The molecule has 0 radical (unpaired) electrons. The summed E-state index contributed by atoms with van der Waals surface area (Å²) < 4.78 is 0. The Bertz CT molecular complexity index is 1200. The van der Waals surface area contributed by atoms with Gasteiger partial charge in [-0.1, -0.05) is 141 Å². The fourth-order valence-corrected chi connectivity index (χ4v) is 13.1. The molecule has 0 bridgehead atoms. The van der Waals surface area contributed by atoms with E-state index in [9.17, 15) is 0 Å². The molecule has 236 valence electrons. The van der Waals surface area contributed by atoms with Gasteiger partial charge in [-0.05, 0) is 101 Å². The van der Waals surface area contributed by atoms with Crippen molar-refractivity contribution in [1.82, 2.24) is 4.90 Å². The summed E-state index contributed by atoms with van der Waals surface area (Å²) in [5.74, 6) is 0.802.